The molecule has 0 fully saturated rings. The van der Waals surface area contributed by atoms with Crippen LogP contribution in [0.4, 0.5) is 13.2 Å². The van der Waals surface area contributed by atoms with Crippen LogP contribution in [0.3, 0.4) is 0 Å². The molecule has 0 saturated carbocycles. The van der Waals surface area contributed by atoms with Gasteiger partial charge in [0, 0.05) is 11.8 Å². The SMILES string of the molecule is CS(=O)(=O)CCOc1ccc(C(=O)Cl)cc1C(F)(F)F. The van der Waals surface area contributed by atoms with Crippen molar-refractivity contribution in [2.75, 3.05) is 18.6 Å². The molecule has 4 nitrogen and oxygen atoms in total. The van der Waals surface area contributed by atoms with Gasteiger partial charge in [-0.05, 0) is 29.8 Å². The van der Waals surface area contributed by atoms with E-state index in [0.717, 1.165) is 18.4 Å². The number of alkyl halides is 3. The maximum absolute atomic E-state index is 12.8. The molecule has 20 heavy (non-hydrogen) atoms. The van der Waals surface area contributed by atoms with Crippen molar-refractivity contribution >= 4 is 26.7 Å². The van der Waals surface area contributed by atoms with Crippen molar-refractivity contribution in [1.29, 1.82) is 0 Å². The van der Waals surface area contributed by atoms with Gasteiger partial charge >= 0.3 is 6.18 Å². The van der Waals surface area contributed by atoms with E-state index in [4.69, 9.17) is 16.3 Å². The first-order valence-corrected chi connectivity index (χ1v) is 7.66. The Balaban J connectivity index is 3.04. The Labute approximate surface area is 118 Å². The number of sulfone groups is 1. The monoisotopic (exact) mass is 330 g/mol. The fourth-order valence-corrected chi connectivity index (χ4v) is 1.81. The lowest BCUT2D eigenvalue weighted by Crippen LogP contribution is -2.15. The highest BCUT2D eigenvalue weighted by atomic mass is 35.5. The van der Waals surface area contributed by atoms with Gasteiger partial charge in [0.05, 0.1) is 11.3 Å². The van der Waals surface area contributed by atoms with Crippen LogP contribution in [0, 0.1) is 0 Å². The Morgan fingerprint density at radius 3 is 2.40 bits per heavy atom. The van der Waals surface area contributed by atoms with Crippen molar-refractivity contribution in [3.05, 3.63) is 29.3 Å². The smallest absolute Gasteiger partial charge is 0.419 e. The zero-order chi connectivity index (χ0) is 15.6. The van der Waals surface area contributed by atoms with Gasteiger partial charge in [-0.2, -0.15) is 13.2 Å². The molecule has 0 aliphatic heterocycles. The van der Waals surface area contributed by atoms with Crippen molar-refractivity contribution in [2.45, 2.75) is 6.18 Å². The summed E-state index contributed by atoms with van der Waals surface area (Å²) in [5.41, 5.74) is -1.51. The van der Waals surface area contributed by atoms with Crippen LogP contribution in [0.1, 0.15) is 15.9 Å². The number of hydrogen-bond acceptors (Lipinski definition) is 4. The zero-order valence-electron chi connectivity index (χ0n) is 10.2. The topological polar surface area (TPSA) is 60.4 Å². The van der Waals surface area contributed by atoms with E-state index >= 15 is 0 Å². The van der Waals surface area contributed by atoms with Gasteiger partial charge in [0.2, 0.25) is 0 Å². The minimum Gasteiger partial charge on any atom is -0.492 e. The first kappa shape index (κ1) is 16.8. The molecule has 0 aliphatic rings. The second-order valence-electron chi connectivity index (χ2n) is 3.96. The van der Waals surface area contributed by atoms with Gasteiger partial charge in [-0.25, -0.2) is 8.42 Å². The van der Waals surface area contributed by atoms with Gasteiger partial charge in [0.15, 0.2) is 9.84 Å². The van der Waals surface area contributed by atoms with E-state index in [-0.39, 0.29) is 5.56 Å². The lowest BCUT2D eigenvalue weighted by molar-refractivity contribution is -0.138. The van der Waals surface area contributed by atoms with E-state index in [1.165, 1.54) is 0 Å². The highest BCUT2D eigenvalue weighted by Crippen LogP contribution is 2.37. The molecule has 0 radical (unpaired) electrons. The molecule has 1 rings (SSSR count). The number of carbonyl (C=O) groups excluding carboxylic acids is 1. The third-order valence-electron chi connectivity index (χ3n) is 2.22. The fourth-order valence-electron chi connectivity index (χ4n) is 1.30. The van der Waals surface area contributed by atoms with Gasteiger partial charge < -0.3 is 4.74 Å². The molecule has 0 atom stereocenters. The summed E-state index contributed by atoms with van der Waals surface area (Å²) in [5.74, 6) is -0.969. The normalized spacial score (nSPS) is 12.2. The second kappa shape index (κ2) is 6.01. The number of benzene rings is 1. The van der Waals surface area contributed by atoms with Crippen LogP contribution < -0.4 is 4.74 Å². The van der Waals surface area contributed by atoms with E-state index in [1.54, 1.807) is 0 Å². The highest BCUT2D eigenvalue weighted by Gasteiger charge is 2.35. The van der Waals surface area contributed by atoms with Crippen LogP contribution >= 0.6 is 11.6 Å². The minimum absolute atomic E-state index is 0.325. The summed E-state index contributed by atoms with van der Waals surface area (Å²) in [6, 6.07) is 2.56. The Bertz CT molecular complexity index is 611. The predicted octanol–water partition coefficient (Wildman–Crippen LogP) is 2.51. The van der Waals surface area contributed by atoms with Crippen molar-refractivity contribution < 1.29 is 31.1 Å². The van der Waals surface area contributed by atoms with Gasteiger partial charge in [0.25, 0.3) is 5.24 Å². The third-order valence-corrected chi connectivity index (χ3v) is 3.35. The number of hydrogen-bond donors (Lipinski definition) is 0. The summed E-state index contributed by atoms with van der Waals surface area (Å²) in [5, 5.41) is -1.03. The van der Waals surface area contributed by atoms with Crippen LogP contribution in [0.15, 0.2) is 18.2 Å². The molecule has 0 aromatic heterocycles. The van der Waals surface area contributed by atoms with Gasteiger partial charge in [-0.15, -0.1) is 0 Å². The largest absolute Gasteiger partial charge is 0.492 e. The Morgan fingerprint density at radius 2 is 1.95 bits per heavy atom. The van der Waals surface area contributed by atoms with Crippen LogP contribution in [0.5, 0.6) is 5.75 Å². The number of rotatable bonds is 5. The molecule has 0 unspecified atom stereocenters. The summed E-state index contributed by atoms with van der Waals surface area (Å²) in [4.78, 5) is 10.9. The first-order chi connectivity index (χ1) is 9.00. The number of halogens is 4. The third kappa shape index (κ3) is 5.01. The molecule has 1 aromatic rings. The van der Waals surface area contributed by atoms with Gasteiger partial charge in [-0.1, -0.05) is 0 Å². The quantitative estimate of drug-likeness (QED) is 0.778. The molecule has 0 spiro atoms. The Kier molecular flexibility index (Phi) is 5.04. The van der Waals surface area contributed by atoms with Crippen LogP contribution in [-0.4, -0.2) is 32.3 Å². The fraction of sp³-hybridized carbons (Fsp3) is 0.364. The Morgan fingerprint density at radius 1 is 1.35 bits per heavy atom. The van der Waals surface area contributed by atoms with E-state index in [9.17, 15) is 26.4 Å². The Hall–Kier alpha value is -1.28. The van der Waals surface area contributed by atoms with Crippen molar-refractivity contribution in [1.82, 2.24) is 0 Å². The van der Waals surface area contributed by atoms with Crippen LogP contribution in [-0.2, 0) is 16.0 Å². The molecular formula is C11H10ClF3O4S. The number of carbonyl (C=O) groups is 1. The van der Waals surface area contributed by atoms with E-state index in [2.05, 4.69) is 0 Å². The average Bonchev–Trinajstić information content (AvgIpc) is 2.25. The van der Waals surface area contributed by atoms with Crippen molar-refractivity contribution in [3.8, 4) is 5.75 Å². The molecule has 0 amide bonds. The standard InChI is InChI=1S/C11H10ClF3O4S/c1-20(17,18)5-4-19-9-3-2-7(10(12)16)6-8(9)11(13,14)15/h2-3,6H,4-5H2,1H3. The molecule has 0 aliphatic carbocycles. The molecule has 0 saturated heterocycles. The lowest BCUT2D eigenvalue weighted by Gasteiger charge is -2.14. The predicted molar refractivity (Wildman–Crippen MR) is 66.8 cm³/mol. The molecule has 0 heterocycles. The molecule has 1 aromatic carbocycles. The summed E-state index contributed by atoms with van der Waals surface area (Å²) in [6.45, 7) is -0.421. The maximum Gasteiger partial charge on any atom is 0.419 e. The average molecular weight is 331 g/mol. The summed E-state index contributed by atoms with van der Waals surface area (Å²) in [7, 11) is -3.35. The van der Waals surface area contributed by atoms with Crippen LogP contribution in [0.2, 0.25) is 0 Å². The summed E-state index contributed by atoms with van der Waals surface area (Å²) >= 11 is 5.12. The van der Waals surface area contributed by atoms with E-state index in [1.807, 2.05) is 0 Å². The maximum atomic E-state index is 12.8. The first-order valence-electron chi connectivity index (χ1n) is 5.22. The van der Waals surface area contributed by atoms with Gasteiger partial charge in [0.1, 0.15) is 12.4 Å². The van der Waals surface area contributed by atoms with E-state index < -0.39 is 44.9 Å². The molecule has 9 heteroatoms. The lowest BCUT2D eigenvalue weighted by atomic mass is 10.1. The van der Waals surface area contributed by atoms with E-state index in [0.29, 0.717) is 6.07 Å². The summed E-state index contributed by atoms with van der Waals surface area (Å²) < 4.78 is 65.0. The summed E-state index contributed by atoms with van der Waals surface area (Å²) in [6.07, 6.45) is -3.81. The van der Waals surface area contributed by atoms with Crippen molar-refractivity contribution in [2.24, 2.45) is 0 Å². The molecular weight excluding hydrogens is 321 g/mol. The molecule has 112 valence electrons. The molecule has 0 N–H and O–H groups in total. The second-order valence-corrected chi connectivity index (χ2v) is 6.56. The van der Waals surface area contributed by atoms with Crippen LogP contribution in [0.25, 0.3) is 0 Å². The van der Waals surface area contributed by atoms with Crippen molar-refractivity contribution in [3.63, 3.8) is 0 Å². The minimum atomic E-state index is -4.75. The molecule has 0 bridgehead atoms. The highest BCUT2D eigenvalue weighted by molar-refractivity contribution is 7.90. The zero-order valence-corrected chi connectivity index (χ0v) is 11.8. The van der Waals surface area contributed by atoms with Gasteiger partial charge in [-0.3, -0.25) is 4.79 Å². The number of ether oxygens (including phenoxy) is 1.